The molecule has 0 radical (unpaired) electrons. The minimum atomic E-state index is -0.636. The number of nitrogens with zero attached hydrogens (tertiary/aromatic N) is 1. The van der Waals surface area contributed by atoms with Crippen molar-refractivity contribution < 1.29 is 14.3 Å². The highest BCUT2D eigenvalue weighted by Gasteiger charge is 2.32. The third-order valence-electron chi connectivity index (χ3n) is 6.77. The fourth-order valence-electron chi connectivity index (χ4n) is 4.81. The molecule has 36 heavy (non-hydrogen) atoms. The quantitative estimate of drug-likeness (QED) is 0.416. The molecular formula is C31H36N2O3. The van der Waals surface area contributed by atoms with Crippen LogP contribution in [0, 0.1) is 6.92 Å². The summed E-state index contributed by atoms with van der Waals surface area (Å²) in [5.74, 6) is 0.347. The second-order valence-corrected chi connectivity index (χ2v) is 9.66. The zero-order valence-electron chi connectivity index (χ0n) is 21.1. The molecule has 1 aliphatic carbocycles. The molecule has 0 unspecified atom stereocenters. The summed E-state index contributed by atoms with van der Waals surface area (Å²) >= 11 is 0. The molecule has 0 bridgehead atoms. The molecule has 1 saturated carbocycles. The van der Waals surface area contributed by atoms with Gasteiger partial charge in [0.2, 0.25) is 5.91 Å². The maximum atomic E-state index is 13.7. The number of hydrogen-bond acceptors (Lipinski definition) is 3. The average molecular weight is 485 g/mol. The normalized spacial score (nSPS) is 14.6. The Morgan fingerprint density at radius 2 is 1.56 bits per heavy atom. The van der Waals surface area contributed by atoms with Gasteiger partial charge in [0.05, 0.1) is 0 Å². The van der Waals surface area contributed by atoms with Crippen molar-refractivity contribution in [3.05, 3.63) is 102 Å². The number of benzene rings is 3. The van der Waals surface area contributed by atoms with Crippen LogP contribution < -0.4 is 10.1 Å². The summed E-state index contributed by atoms with van der Waals surface area (Å²) in [5, 5.41) is 3.27. The number of ether oxygens (including phenoxy) is 1. The lowest BCUT2D eigenvalue weighted by atomic mass is 9.94. The van der Waals surface area contributed by atoms with Crippen LogP contribution in [-0.2, 0) is 22.6 Å². The molecule has 0 heterocycles. The molecule has 188 valence electrons. The van der Waals surface area contributed by atoms with Gasteiger partial charge < -0.3 is 15.0 Å². The molecule has 1 N–H and O–H groups in total. The third kappa shape index (κ3) is 7.45. The highest BCUT2D eigenvalue weighted by atomic mass is 16.5. The first kappa shape index (κ1) is 25.5. The maximum Gasteiger partial charge on any atom is 0.261 e. The molecule has 1 atom stereocenters. The summed E-state index contributed by atoms with van der Waals surface area (Å²) in [6.45, 7) is 2.20. The lowest BCUT2D eigenvalue weighted by Gasteiger charge is -2.33. The van der Waals surface area contributed by atoms with E-state index >= 15 is 0 Å². The minimum Gasteiger partial charge on any atom is -0.484 e. The van der Waals surface area contributed by atoms with Crippen LogP contribution in [0.15, 0.2) is 84.9 Å². The van der Waals surface area contributed by atoms with Crippen LogP contribution in [0.1, 0.15) is 48.8 Å². The molecule has 0 saturated heterocycles. The van der Waals surface area contributed by atoms with Crippen molar-refractivity contribution in [2.24, 2.45) is 0 Å². The highest BCUT2D eigenvalue weighted by molar-refractivity contribution is 5.88. The van der Waals surface area contributed by atoms with E-state index in [9.17, 15) is 9.59 Å². The van der Waals surface area contributed by atoms with Crippen molar-refractivity contribution in [2.45, 2.75) is 64.1 Å². The summed E-state index contributed by atoms with van der Waals surface area (Å²) in [5.41, 5.74) is 3.06. The Balaban J connectivity index is 1.59. The monoisotopic (exact) mass is 484 g/mol. The number of carbonyl (C=O) groups is 2. The van der Waals surface area contributed by atoms with Crippen LogP contribution >= 0.6 is 0 Å². The number of nitrogens with one attached hydrogen (secondary N) is 1. The number of aryl methyl sites for hydroxylation is 1. The molecule has 4 rings (SSSR count). The second kappa shape index (κ2) is 12.9. The minimum absolute atomic E-state index is 0.0920. The Bertz CT molecular complexity index is 1110. The number of amides is 2. The topological polar surface area (TPSA) is 58.6 Å². The highest BCUT2D eigenvalue weighted by Crippen LogP contribution is 2.20. The van der Waals surface area contributed by atoms with Crippen LogP contribution in [0.5, 0.6) is 5.75 Å². The van der Waals surface area contributed by atoms with Gasteiger partial charge in [-0.05, 0) is 48.6 Å². The van der Waals surface area contributed by atoms with Crippen LogP contribution in [0.2, 0.25) is 0 Å². The predicted octanol–water partition coefficient (Wildman–Crippen LogP) is 5.46. The smallest absolute Gasteiger partial charge is 0.261 e. The van der Waals surface area contributed by atoms with Crippen molar-refractivity contribution in [3.8, 4) is 5.75 Å². The van der Waals surface area contributed by atoms with Gasteiger partial charge in [-0.15, -0.1) is 0 Å². The van der Waals surface area contributed by atoms with Crippen molar-refractivity contribution in [1.82, 2.24) is 10.2 Å². The van der Waals surface area contributed by atoms with E-state index in [1.54, 1.807) is 4.90 Å². The number of rotatable bonds is 10. The van der Waals surface area contributed by atoms with Gasteiger partial charge in [0.15, 0.2) is 6.61 Å². The molecule has 5 heteroatoms. The van der Waals surface area contributed by atoms with Gasteiger partial charge in [-0.3, -0.25) is 9.59 Å². The molecule has 3 aromatic rings. The molecule has 0 aliphatic heterocycles. The van der Waals surface area contributed by atoms with Crippen LogP contribution in [-0.4, -0.2) is 35.4 Å². The summed E-state index contributed by atoms with van der Waals surface area (Å²) in [6.07, 6.45) is 5.91. The fourth-order valence-corrected chi connectivity index (χ4v) is 4.81. The van der Waals surface area contributed by atoms with Crippen LogP contribution in [0.3, 0.4) is 0 Å². The third-order valence-corrected chi connectivity index (χ3v) is 6.77. The van der Waals surface area contributed by atoms with Gasteiger partial charge in [-0.25, -0.2) is 0 Å². The Morgan fingerprint density at radius 3 is 2.22 bits per heavy atom. The van der Waals surface area contributed by atoms with Gasteiger partial charge in [0.25, 0.3) is 5.91 Å². The molecule has 2 amide bonds. The predicted molar refractivity (Wildman–Crippen MR) is 143 cm³/mol. The Morgan fingerprint density at radius 1 is 0.889 bits per heavy atom. The van der Waals surface area contributed by atoms with Crippen LogP contribution in [0.4, 0.5) is 0 Å². The summed E-state index contributed by atoms with van der Waals surface area (Å²) < 4.78 is 5.87. The van der Waals surface area contributed by atoms with Gasteiger partial charge in [0, 0.05) is 19.0 Å². The van der Waals surface area contributed by atoms with Gasteiger partial charge in [-0.2, -0.15) is 0 Å². The molecule has 3 aromatic carbocycles. The molecular weight excluding hydrogens is 448 g/mol. The summed E-state index contributed by atoms with van der Waals surface area (Å²) in [6, 6.07) is 26.9. The molecule has 0 aromatic heterocycles. The Kier molecular flexibility index (Phi) is 9.15. The first-order valence-corrected chi connectivity index (χ1v) is 13.0. The standard InChI is InChI=1S/C31H36N2O3/c1-24-12-11-19-28(20-24)36-23-30(34)33(22-26-15-7-3-8-16-26)29(21-25-13-5-2-6-14-25)31(35)32-27-17-9-4-10-18-27/h2-3,5-8,11-16,19-20,27,29H,4,9-10,17-18,21-23H2,1H3,(H,32,35)/t29-/m0/s1. The second-order valence-electron chi connectivity index (χ2n) is 9.66. The largest absolute Gasteiger partial charge is 0.484 e. The molecule has 5 nitrogen and oxygen atoms in total. The zero-order valence-corrected chi connectivity index (χ0v) is 21.1. The van der Waals surface area contributed by atoms with Gasteiger partial charge in [0.1, 0.15) is 11.8 Å². The number of carbonyl (C=O) groups excluding carboxylic acids is 2. The summed E-state index contributed by atoms with van der Waals surface area (Å²) in [4.78, 5) is 29.1. The fraction of sp³-hybridized carbons (Fsp3) is 0.355. The Hall–Kier alpha value is -3.60. The van der Waals surface area contributed by atoms with Crippen molar-refractivity contribution in [3.63, 3.8) is 0 Å². The maximum absolute atomic E-state index is 13.7. The lowest BCUT2D eigenvalue weighted by molar-refractivity contribution is -0.143. The van der Waals surface area contributed by atoms with E-state index in [1.807, 2.05) is 91.9 Å². The van der Waals surface area contributed by atoms with E-state index in [1.165, 1.54) is 6.42 Å². The van der Waals surface area contributed by atoms with Crippen LogP contribution in [0.25, 0.3) is 0 Å². The van der Waals surface area contributed by atoms with E-state index in [0.29, 0.717) is 18.7 Å². The molecule has 1 fully saturated rings. The van der Waals surface area contributed by atoms with Gasteiger partial charge >= 0.3 is 0 Å². The molecule has 1 aliphatic rings. The van der Waals surface area contributed by atoms with E-state index in [2.05, 4.69) is 5.32 Å². The first-order valence-electron chi connectivity index (χ1n) is 13.0. The first-order chi connectivity index (χ1) is 17.6. The van der Waals surface area contributed by atoms with Gasteiger partial charge in [-0.1, -0.05) is 92.1 Å². The van der Waals surface area contributed by atoms with E-state index < -0.39 is 6.04 Å². The van der Waals surface area contributed by atoms with Crippen molar-refractivity contribution in [1.29, 1.82) is 0 Å². The SMILES string of the molecule is Cc1cccc(OCC(=O)N(Cc2ccccc2)[C@@H](Cc2ccccc2)C(=O)NC2CCCCC2)c1. The van der Waals surface area contributed by atoms with E-state index in [-0.39, 0.29) is 24.5 Å². The summed E-state index contributed by atoms with van der Waals surface area (Å²) in [7, 11) is 0. The Labute approximate surface area is 214 Å². The molecule has 0 spiro atoms. The number of hydrogen-bond donors (Lipinski definition) is 1. The zero-order chi connectivity index (χ0) is 25.2. The van der Waals surface area contributed by atoms with E-state index in [0.717, 1.165) is 42.4 Å². The lowest BCUT2D eigenvalue weighted by Crippen LogP contribution is -2.53. The van der Waals surface area contributed by atoms with Crippen molar-refractivity contribution in [2.75, 3.05) is 6.61 Å². The average Bonchev–Trinajstić information content (AvgIpc) is 2.91. The van der Waals surface area contributed by atoms with E-state index in [4.69, 9.17) is 4.74 Å². The van der Waals surface area contributed by atoms with Crippen molar-refractivity contribution >= 4 is 11.8 Å².